The smallest absolute Gasteiger partial charge is 0.255 e. The number of hydrogen-bond donors (Lipinski definition) is 1. The molecule has 0 saturated carbocycles. The van der Waals surface area contributed by atoms with Gasteiger partial charge in [0, 0.05) is 47.6 Å². The quantitative estimate of drug-likeness (QED) is 0.414. The van der Waals surface area contributed by atoms with Crippen LogP contribution < -0.4 is 10.2 Å². The van der Waals surface area contributed by atoms with E-state index in [4.69, 9.17) is 23.2 Å². The Bertz CT molecular complexity index is 1330. The van der Waals surface area contributed by atoms with E-state index >= 15 is 0 Å². The molecule has 1 atom stereocenters. The van der Waals surface area contributed by atoms with Gasteiger partial charge in [-0.3, -0.25) is 4.79 Å². The molecule has 1 amide bonds. The third kappa shape index (κ3) is 3.61. The lowest BCUT2D eigenvalue weighted by atomic mass is 10.1. The van der Waals surface area contributed by atoms with Crippen LogP contribution in [0.15, 0.2) is 60.9 Å². The number of rotatable bonds is 4. The molecule has 0 spiro atoms. The zero-order valence-electron chi connectivity index (χ0n) is 17.8. The molecule has 5 rings (SSSR count). The predicted octanol–water partition coefficient (Wildman–Crippen LogP) is 5.82. The molecule has 2 aromatic carbocycles. The molecule has 0 saturated heterocycles. The Morgan fingerprint density at radius 3 is 2.62 bits per heavy atom. The van der Waals surface area contributed by atoms with Crippen LogP contribution >= 0.6 is 23.2 Å². The van der Waals surface area contributed by atoms with Crippen LogP contribution in [0.5, 0.6) is 0 Å². The molecular weight excluding hydrogens is 443 g/mol. The number of aryl methyl sites for hydroxylation is 1. The van der Waals surface area contributed by atoms with Gasteiger partial charge >= 0.3 is 0 Å². The van der Waals surface area contributed by atoms with Crippen molar-refractivity contribution in [1.29, 1.82) is 0 Å². The second-order valence-corrected chi connectivity index (χ2v) is 9.10. The Hall–Kier alpha value is -3.02. The van der Waals surface area contributed by atoms with Crippen LogP contribution in [0.25, 0.3) is 16.7 Å². The van der Waals surface area contributed by atoms with Crippen molar-refractivity contribution >= 4 is 45.8 Å². The summed E-state index contributed by atoms with van der Waals surface area (Å²) in [5, 5.41) is 5.20. The highest BCUT2D eigenvalue weighted by Crippen LogP contribution is 2.34. The van der Waals surface area contributed by atoms with Crippen LogP contribution in [0.1, 0.15) is 33.9 Å². The van der Waals surface area contributed by atoms with Gasteiger partial charge in [-0.25, -0.2) is 4.98 Å². The van der Waals surface area contributed by atoms with Gasteiger partial charge < -0.3 is 14.8 Å². The number of carbonyl (C=O) groups excluding carboxylic acids is 1. The number of carbonyl (C=O) groups is 1. The molecule has 1 unspecified atom stereocenters. The van der Waals surface area contributed by atoms with E-state index in [2.05, 4.69) is 22.4 Å². The van der Waals surface area contributed by atoms with Gasteiger partial charge in [-0.05, 0) is 48.2 Å². The highest BCUT2D eigenvalue weighted by Gasteiger charge is 2.26. The number of amides is 1. The summed E-state index contributed by atoms with van der Waals surface area (Å²) in [6, 6.07) is 15.6. The van der Waals surface area contributed by atoms with E-state index in [1.807, 2.05) is 60.1 Å². The second-order valence-electron chi connectivity index (χ2n) is 8.23. The van der Waals surface area contributed by atoms with Crippen molar-refractivity contribution in [3.63, 3.8) is 0 Å². The first-order chi connectivity index (χ1) is 15.4. The van der Waals surface area contributed by atoms with Gasteiger partial charge in [-0.15, -0.1) is 0 Å². The second kappa shape index (κ2) is 8.15. The average molecular weight is 465 g/mol. The molecular formula is C25H22Cl2N4O. The van der Waals surface area contributed by atoms with Gasteiger partial charge in [-0.1, -0.05) is 47.5 Å². The van der Waals surface area contributed by atoms with E-state index in [1.165, 1.54) is 11.1 Å². The molecule has 0 fully saturated rings. The SMILES string of the molecule is CN(C)c1c(C(=O)NC2CCc3ccccc32)cnc2c1ccn2-c1cc(Cl)cc(Cl)c1. The maximum atomic E-state index is 13.3. The number of nitrogens with zero attached hydrogens (tertiary/aromatic N) is 3. The standard InChI is InChI=1S/C25H22Cl2N4O/c1-30(2)23-20-9-10-31(18-12-16(26)11-17(27)13-18)24(20)28-14-21(23)25(32)29-22-8-7-15-5-3-4-6-19(15)22/h3-6,9-14,22H,7-8H2,1-2H3,(H,29,32). The highest BCUT2D eigenvalue weighted by molar-refractivity contribution is 6.34. The maximum Gasteiger partial charge on any atom is 0.255 e. The van der Waals surface area contributed by atoms with Crippen molar-refractivity contribution in [3.05, 3.63) is 87.7 Å². The Balaban J connectivity index is 1.54. The molecule has 1 N–H and O–H groups in total. The molecule has 1 aliphatic rings. The molecule has 2 heterocycles. The van der Waals surface area contributed by atoms with E-state index in [0.29, 0.717) is 15.6 Å². The summed E-state index contributed by atoms with van der Waals surface area (Å²) in [5.74, 6) is -0.122. The van der Waals surface area contributed by atoms with Crippen LogP contribution in [-0.2, 0) is 6.42 Å². The number of anilines is 1. The van der Waals surface area contributed by atoms with E-state index in [0.717, 1.165) is 35.2 Å². The molecule has 0 radical (unpaired) electrons. The van der Waals surface area contributed by atoms with Crippen LogP contribution in [0, 0.1) is 0 Å². The van der Waals surface area contributed by atoms with E-state index < -0.39 is 0 Å². The van der Waals surface area contributed by atoms with Crippen LogP contribution in [0.3, 0.4) is 0 Å². The summed E-state index contributed by atoms with van der Waals surface area (Å²) < 4.78 is 1.93. The van der Waals surface area contributed by atoms with Gasteiger partial charge in [0.25, 0.3) is 5.91 Å². The number of benzene rings is 2. The Kier molecular flexibility index (Phi) is 5.31. The van der Waals surface area contributed by atoms with E-state index in [-0.39, 0.29) is 11.9 Å². The van der Waals surface area contributed by atoms with Crippen molar-refractivity contribution < 1.29 is 4.79 Å². The summed E-state index contributed by atoms with van der Waals surface area (Å²) >= 11 is 12.4. The molecule has 7 heteroatoms. The summed E-state index contributed by atoms with van der Waals surface area (Å²) in [6.45, 7) is 0. The van der Waals surface area contributed by atoms with Gasteiger partial charge in [0.05, 0.1) is 17.3 Å². The van der Waals surface area contributed by atoms with Gasteiger partial charge in [0.15, 0.2) is 0 Å². The monoisotopic (exact) mass is 464 g/mol. The average Bonchev–Trinajstić information content (AvgIpc) is 3.36. The van der Waals surface area contributed by atoms with Crippen molar-refractivity contribution in [2.24, 2.45) is 0 Å². The number of nitrogens with one attached hydrogen (secondary N) is 1. The first kappa shape index (κ1) is 20.9. The summed E-state index contributed by atoms with van der Waals surface area (Å²) in [6.07, 6.45) is 5.45. The molecule has 4 aromatic rings. The molecule has 0 bridgehead atoms. The first-order valence-electron chi connectivity index (χ1n) is 10.4. The maximum absolute atomic E-state index is 13.3. The minimum atomic E-state index is -0.122. The third-order valence-electron chi connectivity index (χ3n) is 5.94. The zero-order chi connectivity index (χ0) is 22.4. The fourth-order valence-corrected chi connectivity index (χ4v) is 5.06. The Morgan fingerprint density at radius 2 is 1.88 bits per heavy atom. The molecule has 32 heavy (non-hydrogen) atoms. The van der Waals surface area contributed by atoms with Crippen molar-refractivity contribution in [2.45, 2.75) is 18.9 Å². The third-order valence-corrected chi connectivity index (χ3v) is 6.38. The minimum absolute atomic E-state index is 0.0163. The van der Waals surface area contributed by atoms with Gasteiger partial charge in [0.2, 0.25) is 0 Å². The van der Waals surface area contributed by atoms with Gasteiger partial charge in [-0.2, -0.15) is 0 Å². The number of fused-ring (bicyclic) bond motifs is 2. The van der Waals surface area contributed by atoms with Crippen molar-refractivity contribution in [1.82, 2.24) is 14.9 Å². The summed E-state index contributed by atoms with van der Waals surface area (Å²) in [5.41, 5.74) is 5.42. The van der Waals surface area contributed by atoms with Crippen LogP contribution in [-0.4, -0.2) is 29.6 Å². The minimum Gasteiger partial charge on any atom is -0.376 e. The normalized spacial score (nSPS) is 15.1. The zero-order valence-corrected chi connectivity index (χ0v) is 19.3. The van der Waals surface area contributed by atoms with E-state index in [1.54, 1.807) is 12.3 Å². The molecule has 2 aromatic heterocycles. The summed E-state index contributed by atoms with van der Waals surface area (Å²) in [4.78, 5) is 19.9. The predicted molar refractivity (Wildman–Crippen MR) is 130 cm³/mol. The Morgan fingerprint density at radius 1 is 1.12 bits per heavy atom. The molecule has 1 aliphatic carbocycles. The Labute approximate surface area is 196 Å². The number of halogens is 2. The molecule has 0 aliphatic heterocycles. The highest BCUT2D eigenvalue weighted by atomic mass is 35.5. The lowest BCUT2D eigenvalue weighted by Gasteiger charge is -2.20. The van der Waals surface area contributed by atoms with Crippen LogP contribution in [0.2, 0.25) is 10.0 Å². The number of aromatic nitrogens is 2. The first-order valence-corrected chi connectivity index (χ1v) is 11.2. The van der Waals surface area contributed by atoms with Crippen LogP contribution in [0.4, 0.5) is 5.69 Å². The number of hydrogen-bond acceptors (Lipinski definition) is 3. The number of pyridine rings is 1. The largest absolute Gasteiger partial charge is 0.376 e. The summed E-state index contributed by atoms with van der Waals surface area (Å²) in [7, 11) is 3.87. The molecule has 162 valence electrons. The topological polar surface area (TPSA) is 50.2 Å². The van der Waals surface area contributed by atoms with Gasteiger partial charge in [0.1, 0.15) is 5.65 Å². The van der Waals surface area contributed by atoms with Crippen molar-refractivity contribution in [2.75, 3.05) is 19.0 Å². The fraction of sp³-hybridized carbons (Fsp3) is 0.200. The van der Waals surface area contributed by atoms with E-state index in [9.17, 15) is 4.79 Å². The van der Waals surface area contributed by atoms with Crippen molar-refractivity contribution in [3.8, 4) is 5.69 Å². The lowest BCUT2D eigenvalue weighted by molar-refractivity contribution is 0.0937. The fourth-order valence-electron chi connectivity index (χ4n) is 4.55. The molecule has 5 nitrogen and oxygen atoms in total. The lowest BCUT2D eigenvalue weighted by Crippen LogP contribution is -2.29.